The molecule has 6 heteroatoms. The molecule has 0 saturated carbocycles. The molecule has 3 aromatic carbocycles. The number of hydrogen-bond donors (Lipinski definition) is 1. The van der Waals surface area contributed by atoms with Crippen LogP contribution in [-0.4, -0.2) is 26.4 Å². The Balaban J connectivity index is 1.53. The topological polar surface area (TPSA) is 59.8 Å². The first-order chi connectivity index (χ1) is 15.1. The van der Waals surface area contributed by atoms with Gasteiger partial charge in [-0.25, -0.2) is 0 Å². The molecule has 0 saturated heterocycles. The Labute approximate surface area is 186 Å². The molecule has 0 aliphatic rings. The van der Waals surface area contributed by atoms with E-state index in [1.807, 2.05) is 79.1 Å². The lowest BCUT2D eigenvalue weighted by molar-refractivity contribution is -0.113. The Kier molecular flexibility index (Phi) is 6.48. The maximum atomic E-state index is 12.6. The third-order valence-corrected chi connectivity index (χ3v) is 5.69. The van der Waals surface area contributed by atoms with Crippen LogP contribution in [0.5, 0.6) is 0 Å². The average molecular weight is 429 g/mol. The molecule has 1 heterocycles. The van der Waals surface area contributed by atoms with Crippen molar-refractivity contribution >= 4 is 23.4 Å². The summed E-state index contributed by atoms with van der Waals surface area (Å²) < 4.78 is 2.03. The van der Waals surface area contributed by atoms with Crippen LogP contribution in [0.3, 0.4) is 0 Å². The number of thioether (sulfide) groups is 1. The van der Waals surface area contributed by atoms with E-state index in [4.69, 9.17) is 0 Å². The van der Waals surface area contributed by atoms with Crippen molar-refractivity contribution in [1.29, 1.82) is 0 Å². The van der Waals surface area contributed by atoms with E-state index in [2.05, 4.69) is 33.7 Å². The highest BCUT2D eigenvalue weighted by atomic mass is 32.2. The second-order valence-electron chi connectivity index (χ2n) is 7.45. The molecule has 1 N–H and O–H groups in total. The van der Waals surface area contributed by atoms with Crippen molar-refractivity contribution in [1.82, 2.24) is 14.8 Å². The smallest absolute Gasteiger partial charge is 0.234 e. The number of rotatable bonds is 7. The van der Waals surface area contributed by atoms with Gasteiger partial charge in [-0.1, -0.05) is 66.4 Å². The lowest BCUT2D eigenvalue weighted by atomic mass is 10.1. The Hall–Kier alpha value is -3.38. The second kappa shape index (κ2) is 9.62. The van der Waals surface area contributed by atoms with E-state index >= 15 is 0 Å². The Morgan fingerprint density at radius 2 is 1.55 bits per heavy atom. The number of para-hydroxylation sites is 1. The van der Waals surface area contributed by atoms with Gasteiger partial charge in [0.15, 0.2) is 5.16 Å². The largest absolute Gasteiger partial charge is 0.325 e. The number of nitrogens with one attached hydrogen (secondary N) is 1. The van der Waals surface area contributed by atoms with E-state index in [1.165, 1.54) is 11.8 Å². The summed E-state index contributed by atoms with van der Waals surface area (Å²) in [6.45, 7) is 4.04. The number of nitrogens with zero attached hydrogens (tertiary/aromatic N) is 3. The highest BCUT2D eigenvalue weighted by Crippen LogP contribution is 2.24. The van der Waals surface area contributed by atoms with Gasteiger partial charge < -0.3 is 5.32 Å². The molecule has 0 radical (unpaired) electrons. The molecule has 31 heavy (non-hydrogen) atoms. The fraction of sp³-hybridized carbons (Fsp3) is 0.160. The van der Waals surface area contributed by atoms with Crippen LogP contribution in [0.15, 0.2) is 84.0 Å². The molecule has 0 bridgehead atoms. The van der Waals surface area contributed by atoms with Gasteiger partial charge in [0.05, 0.1) is 5.75 Å². The van der Waals surface area contributed by atoms with Crippen LogP contribution in [0.4, 0.5) is 5.69 Å². The highest BCUT2D eigenvalue weighted by Gasteiger charge is 2.16. The van der Waals surface area contributed by atoms with Crippen LogP contribution < -0.4 is 5.32 Å². The number of aryl methyl sites for hydroxylation is 2. The first kappa shape index (κ1) is 20.9. The first-order valence-corrected chi connectivity index (χ1v) is 11.1. The lowest BCUT2D eigenvalue weighted by Gasteiger charge is -2.11. The Morgan fingerprint density at radius 3 is 2.23 bits per heavy atom. The van der Waals surface area contributed by atoms with Crippen LogP contribution in [0, 0.1) is 13.8 Å². The molecule has 0 aliphatic carbocycles. The number of carbonyl (C=O) groups is 1. The minimum atomic E-state index is -0.0674. The summed E-state index contributed by atoms with van der Waals surface area (Å²) in [5, 5.41) is 12.5. The zero-order valence-corrected chi connectivity index (χ0v) is 18.4. The summed E-state index contributed by atoms with van der Waals surface area (Å²) in [7, 11) is 0. The number of amides is 1. The van der Waals surface area contributed by atoms with Gasteiger partial charge in [-0.15, -0.1) is 10.2 Å². The van der Waals surface area contributed by atoms with E-state index in [1.54, 1.807) is 0 Å². The van der Waals surface area contributed by atoms with Gasteiger partial charge in [0, 0.05) is 17.8 Å². The SMILES string of the molecule is Cc1cc(C)cc(NC(=O)CSc2nnc(Cc3ccccc3)n2-c2ccccc2)c1. The zero-order valence-electron chi connectivity index (χ0n) is 17.6. The van der Waals surface area contributed by atoms with E-state index in [0.29, 0.717) is 11.6 Å². The molecule has 0 spiro atoms. The molecule has 5 nitrogen and oxygen atoms in total. The summed E-state index contributed by atoms with van der Waals surface area (Å²) in [5.41, 5.74) is 5.21. The summed E-state index contributed by atoms with van der Waals surface area (Å²) in [4.78, 5) is 12.6. The van der Waals surface area contributed by atoms with Gasteiger partial charge in [-0.3, -0.25) is 9.36 Å². The van der Waals surface area contributed by atoms with Crippen molar-refractivity contribution in [3.05, 3.63) is 101 Å². The molecule has 4 aromatic rings. The van der Waals surface area contributed by atoms with E-state index in [9.17, 15) is 4.79 Å². The standard InChI is InChI=1S/C25H24N4OS/c1-18-13-19(2)15-21(14-18)26-24(30)17-31-25-28-27-23(16-20-9-5-3-6-10-20)29(25)22-11-7-4-8-12-22/h3-15H,16-17H2,1-2H3,(H,26,30). The monoisotopic (exact) mass is 428 g/mol. The quantitative estimate of drug-likeness (QED) is 0.411. The molecular formula is C25H24N4OS. The van der Waals surface area contributed by atoms with Crippen molar-refractivity contribution in [3.63, 3.8) is 0 Å². The predicted molar refractivity (Wildman–Crippen MR) is 126 cm³/mol. The van der Waals surface area contributed by atoms with Crippen LogP contribution in [0.25, 0.3) is 5.69 Å². The van der Waals surface area contributed by atoms with Gasteiger partial charge in [-0.05, 0) is 54.8 Å². The zero-order chi connectivity index (χ0) is 21.6. The third kappa shape index (κ3) is 5.41. The molecule has 1 amide bonds. The van der Waals surface area contributed by atoms with Gasteiger partial charge in [0.1, 0.15) is 5.82 Å². The third-order valence-electron chi connectivity index (χ3n) is 4.76. The van der Waals surface area contributed by atoms with Gasteiger partial charge in [0.25, 0.3) is 0 Å². The van der Waals surface area contributed by atoms with Crippen molar-refractivity contribution in [2.45, 2.75) is 25.4 Å². The molecule has 0 unspecified atom stereocenters. The molecule has 0 atom stereocenters. The van der Waals surface area contributed by atoms with E-state index in [-0.39, 0.29) is 11.7 Å². The fourth-order valence-corrected chi connectivity index (χ4v) is 4.27. The molecule has 4 rings (SSSR count). The van der Waals surface area contributed by atoms with E-state index < -0.39 is 0 Å². The number of anilines is 1. The van der Waals surface area contributed by atoms with Gasteiger partial charge >= 0.3 is 0 Å². The predicted octanol–water partition coefficient (Wildman–Crippen LogP) is 5.21. The van der Waals surface area contributed by atoms with Crippen molar-refractivity contribution < 1.29 is 4.79 Å². The summed E-state index contributed by atoms with van der Waals surface area (Å²) >= 11 is 1.39. The van der Waals surface area contributed by atoms with Gasteiger partial charge in [-0.2, -0.15) is 0 Å². The first-order valence-electron chi connectivity index (χ1n) is 10.1. The van der Waals surface area contributed by atoms with E-state index in [0.717, 1.165) is 33.9 Å². The van der Waals surface area contributed by atoms with Crippen molar-refractivity contribution in [3.8, 4) is 5.69 Å². The molecule has 0 fully saturated rings. The molecule has 0 aliphatic heterocycles. The van der Waals surface area contributed by atoms with Crippen LogP contribution in [0.1, 0.15) is 22.5 Å². The van der Waals surface area contributed by atoms with Crippen molar-refractivity contribution in [2.24, 2.45) is 0 Å². The second-order valence-corrected chi connectivity index (χ2v) is 8.39. The molecular weight excluding hydrogens is 404 g/mol. The summed E-state index contributed by atoms with van der Waals surface area (Å²) in [5.74, 6) is 1.03. The number of hydrogen-bond acceptors (Lipinski definition) is 4. The van der Waals surface area contributed by atoms with Crippen LogP contribution in [-0.2, 0) is 11.2 Å². The van der Waals surface area contributed by atoms with Crippen LogP contribution >= 0.6 is 11.8 Å². The maximum absolute atomic E-state index is 12.6. The molecule has 1 aromatic heterocycles. The minimum absolute atomic E-state index is 0.0674. The number of benzene rings is 3. The lowest BCUT2D eigenvalue weighted by Crippen LogP contribution is -2.15. The number of carbonyl (C=O) groups excluding carboxylic acids is 1. The summed E-state index contributed by atoms with van der Waals surface area (Å²) in [6, 6.07) is 26.2. The molecule has 156 valence electrons. The highest BCUT2D eigenvalue weighted by molar-refractivity contribution is 7.99. The minimum Gasteiger partial charge on any atom is -0.325 e. The van der Waals surface area contributed by atoms with Gasteiger partial charge in [0.2, 0.25) is 5.91 Å². The van der Waals surface area contributed by atoms with Crippen molar-refractivity contribution in [2.75, 3.05) is 11.1 Å². The Morgan fingerprint density at radius 1 is 0.903 bits per heavy atom. The normalized spacial score (nSPS) is 10.8. The summed E-state index contributed by atoms with van der Waals surface area (Å²) in [6.07, 6.45) is 0.665. The number of aromatic nitrogens is 3. The van der Waals surface area contributed by atoms with Crippen LogP contribution in [0.2, 0.25) is 0 Å². The Bertz CT molecular complexity index is 1150. The maximum Gasteiger partial charge on any atom is 0.234 e. The fourth-order valence-electron chi connectivity index (χ4n) is 3.50. The average Bonchev–Trinajstić information content (AvgIpc) is 3.15.